The first kappa shape index (κ1) is 13.7. The maximum atomic E-state index is 11.8. The predicted octanol–water partition coefficient (Wildman–Crippen LogP) is 2.65. The predicted molar refractivity (Wildman–Crippen MR) is 69.8 cm³/mol. The molecule has 1 heterocycles. The lowest BCUT2D eigenvalue weighted by molar-refractivity contribution is 0.0931. The number of halogens is 1. The molecule has 90 valence electrons. The highest BCUT2D eigenvalue weighted by atomic mass is 79.9. The van der Waals surface area contributed by atoms with Gasteiger partial charge in [-0.05, 0) is 39.2 Å². The molecule has 1 aromatic rings. The molecule has 0 aliphatic carbocycles. The van der Waals surface area contributed by atoms with E-state index in [4.69, 9.17) is 5.11 Å². The molecular weight excluding hydrogens is 290 g/mol. The molecule has 1 amide bonds. The Balaban J connectivity index is 2.51. The Labute approximate surface area is 108 Å². The molecule has 3 nitrogen and oxygen atoms in total. The van der Waals surface area contributed by atoms with Gasteiger partial charge in [0.1, 0.15) is 4.88 Å². The van der Waals surface area contributed by atoms with E-state index in [0.717, 1.165) is 4.47 Å². The fourth-order valence-electron chi connectivity index (χ4n) is 1.25. The van der Waals surface area contributed by atoms with E-state index in [0.29, 0.717) is 17.8 Å². The lowest BCUT2D eigenvalue weighted by Gasteiger charge is -2.23. The standard InChI is InChI=1S/C11H16BrNO2S/c1-11(2,4-5-14)7-13-10(15)9-8(12)3-6-16-9/h3,6,14H,4-5,7H2,1-2H3,(H,13,15). The quantitative estimate of drug-likeness (QED) is 0.878. The van der Waals surface area contributed by atoms with Gasteiger partial charge in [-0.2, -0.15) is 0 Å². The van der Waals surface area contributed by atoms with Crippen LogP contribution in [0.15, 0.2) is 15.9 Å². The Morgan fingerprint density at radius 2 is 2.31 bits per heavy atom. The van der Waals surface area contributed by atoms with Gasteiger partial charge in [0, 0.05) is 17.6 Å². The average Bonchev–Trinajstić information content (AvgIpc) is 2.61. The van der Waals surface area contributed by atoms with E-state index in [2.05, 4.69) is 21.2 Å². The van der Waals surface area contributed by atoms with Gasteiger partial charge >= 0.3 is 0 Å². The molecule has 0 atom stereocenters. The van der Waals surface area contributed by atoms with Crippen LogP contribution in [0.5, 0.6) is 0 Å². The molecule has 0 saturated heterocycles. The molecule has 0 spiro atoms. The lowest BCUT2D eigenvalue weighted by atomic mass is 9.90. The fraction of sp³-hybridized carbons (Fsp3) is 0.545. The van der Waals surface area contributed by atoms with Gasteiger partial charge < -0.3 is 10.4 Å². The van der Waals surface area contributed by atoms with Gasteiger partial charge in [-0.1, -0.05) is 13.8 Å². The van der Waals surface area contributed by atoms with Crippen LogP contribution < -0.4 is 5.32 Å². The molecule has 0 aliphatic heterocycles. The van der Waals surface area contributed by atoms with E-state index in [9.17, 15) is 4.79 Å². The van der Waals surface area contributed by atoms with Crippen molar-refractivity contribution < 1.29 is 9.90 Å². The van der Waals surface area contributed by atoms with Gasteiger partial charge in [0.15, 0.2) is 0 Å². The molecule has 1 rings (SSSR count). The van der Waals surface area contributed by atoms with Gasteiger partial charge in [-0.25, -0.2) is 0 Å². The van der Waals surface area contributed by atoms with Crippen LogP contribution in [0.3, 0.4) is 0 Å². The van der Waals surface area contributed by atoms with Gasteiger partial charge in [0.05, 0.1) is 0 Å². The molecule has 16 heavy (non-hydrogen) atoms. The van der Waals surface area contributed by atoms with Crippen molar-refractivity contribution in [3.8, 4) is 0 Å². The maximum absolute atomic E-state index is 11.8. The van der Waals surface area contributed by atoms with Crippen LogP contribution in [-0.2, 0) is 0 Å². The van der Waals surface area contributed by atoms with E-state index in [1.165, 1.54) is 11.3 Å². The number of carbonyl (C=O) groups is 1. The van der Waals surface area contributed by atoms with E-state index < -0.39 is 0 Å². The van der Waals surface area contributed by atoms with Crippen molar-refractivity contribution >= 4 is 33.2 Å². The third-order valence-corrected chi connectivity index (χ3v) is 4.18. The Hall–Kier alpha value is -0.390. The Bertz CT molecular complexity index is 363. The first-order valence-electron chi connectivity index (χ1n) is 5.08. The molecule has 0 fully saturated rings. The zero-order valence-electron chi connectivity index (χ0n) is 9.42. The molecule has 0 unspecified atom stereocenters. The van der Waals surface area contributed by atoms with E-state index >= 15 is 0 Å². The highest BCUT2D eigenvalue weighted by molar-refractivity contribution is 9.10. The Morgan fingerprint density at radius 3 is 2.81 bits per heavy atom. The molecular formula is C11H16BrNO2S. The molecule has 0 aromatic carbocycles. The first-order chi connectivity index (χ1) is 7.46. The molecule has 2 N–H and O–H groups in total. The Kier molecular flexibility index (Phi) is 4.95. The van der Waals surface area contributed by atoms with Crippen molar-refractivity contribution in [2.45, 2.75) is 20.3 Å². The van der Waals surface area contributed by atoms with Crippen LogP contribution >= 0.6 is 27.3 Å². The minimum absolute atomic E-state index is 0.0621. The van der Waals surface area contributed by atoms with Crippen LogP contribution in [-0.4, -0.2) is 24.2 Å². The van der Waals surface area contributed by atoms with Crippen LogP contribution in [0.2, 0.25) is 0 Å². The van der Waals surface area contributed by atoms with Crippen LogP contribution in [0.1, 0.15) is 29.9 Å². The average molecular weight is 306 g/mol. The summed E-state index contributed by atoms with van der Waals surface area (Å²) in [5, 5.41) is 13.6. The monoisotopic (exact) mass is 305 g/mol. The topological polar surface area (TPSA) is 49.3 Å². The van der Waals surface area contributed by atoms with Crippen LogP contribution in [0.4, 0.5) is 0 Å². The van der Waals surface area contributed by atoms with Crippen molar-refractivity contribution in [2.24, 2.45) is 5.41 Å². The third-order valence-electron chi connectivity index (χ3n) is 2.34. The number of amides is 1. The maximum Gasteiger partial charge on any atom is 0.262 e. The summed E-state index contributed by atoms with van der Waals surface area (Å²) < 4.78 is 0.829. The van der Waals surface area contributed by atoms with Crippen LogP contribution in [0.25, 0.3) is 0 Å². The molecule has 0 saturated carbocycles. The highest BCUT2D eigenvalue weighted by Gasteiger charge is 2.19. The van der Waals surface area contributed by atoms with Crippen LogP contribution in [0, 0.1) is 5.41 Å². The zero-order chi connectivity index (χ0) is 12.2. The summed E-state index contributed by atoms with van der Waals surface area (Å²) in [5.41, 5.74) is -0.0753. The summed E-state index contributed by atoms with van der Waals surface area (Å²) in [6.45, 7) is 4.75. The van der Waals surface area contributed by atoms with Gasteiger partial charge in [0.25, 0.3) is 5.91 Å². The molecule has 0 radical (unpaired) electrons. The van der Waals surface area contributed by atoms with Gasteiger partial charge in [-0.3, -0.25) is 4.79 Å². The first-order valence-corrected chi connectivity index (χ1v) is 6.75. The summed E-state index contributed by atoms with van der Waals surface area (Å²) in [4.78, 5) is 12.5. The number of nitrogens with one attached hydrogen (secondary N) is 1. The molecule has 0 bridgehead atoms. The van der Waals surface area contributed by atoms with Crippen molar-refractivity contribution in [2.75, 3.05) is 13.2 Å². The second-order valence-corrected chi connectivity index (χ2v) is 6.19. The summed E-state index contributed by atoms with van der Waals surface area (Å²) in [6.07, 6.45) is 0.679. The van der Waals surface area contributed by atoms with Gasteiger partial charge in [-0.15, -0.1) is 11.3 Å². The largest absolute Gasteiger partial charge is 0.396 e. The summed E-state index contributed by atoms with van der Waals surface area (Å²) in [7, 11) is 0. The summed E-state index contributed by atoms with van der Waals surface area (Å²) in [5.74, 6) is -0.0621. The molecule has 5 heteroatoms. The number of aliphatic hydroxyl groups is 1. The minimum atomic E-state index is -0.0753. The number of carbonyl (C=O) groups excluding carboxylic acids is 1. The second-order valence-electron chi connectivity index (χ2n) is 4.42. The van der Waals surface area contributed by atoms with Crippen molar-refractivity contribution in [1.82, 2.24) is 5.32 Å². The third kappa shape index (κ3) is 3.88. The van der Waals surface area contributed by atoms with E-state index in [1.807, 2.05) is 25.3 Å². The SMILES string of the molecule is CC(C)(CCO)CNC(=O)c1sccc1Br. The highest BCUT2D eigenvalue weighted by Crippen LogP contribution is 2.23. The lowest BCUT2D eigenvalue weighted by Crippen LogP contribution is -2.34. The van der Waals surface area contributed by atoms with Crippen molar-refractivity contribution in [1.29, 1.82) is 0 Å². The number of hydrogen-bond acceptors (Lipinski definition) is 3. The van der Waals surface area contributed by atoms with Gasteiger partial charge in [0.2, 0.25) is 0 Å². The van der Waals surface area contributed by atoms with Crippen molar-refractivity contribution in [3.05, 3.63) is 20.8 Å². The van der Waals surface area contributed by atoms with E-state index in [-0.39, 0.29) is 17.9 Å². The summed E-state index contributed by atoms with van der Waals surface area (Å²) >= 11 is 4.74. The molecule has 1 aromatic heterocycles. The Morgan fingerprint density at radius 1 is 1.62 bits per heavy atom. The summed E-state index contributed by atoms with van der Waals surface area (Å²) in [6, 6.07) is 1.86. The number of thiophene rings is 1. The number of rotatable bonds is 5. The smallest absolute Gasteiger partial charge is 0.262 e. The second kappa shape index (κ2) is 5.80. The fourth-order valence-corrected chi connectivity index (χ4v) is 2.71. The molecule has 0 aliphatic rings. The normalized spacial score (nSPS) is 11.5. The number of hydrogen-bond donors (Lipinski definition) is 2. The van der Waals surface area contributed by atoms with Crippen molar-refractivity contribution in [3.63, 3.8) is 0 Å². The number of aliphatic hydroxyl groups excluding tert-OH is 1. The zero-order valence-corrected chi connectivity index (χ0v) is 11.8. The minimum Gasteiger partial charge on any atom is -0.396 e. The van der Waals surface area contributed by atoms with E-state index in [1.54, 1.807) is 0 Å².